The highest BCUT2D eigenvalue weighted by Gasteiger charge is 2.29. The Labute approximate surface area is 97.8 Å². The lowest BCUT2D eigenvalue weighted by atomic mass is 9.93. The fraction of sp³-hybridized carbons (Fsp3) is 0.333. The second-order valence-electron chi connectivity index (χ2n) is 3.90. The Hall–Kier alpha value is -1.91. The normalized spacial score (nSPS) is 18.9. The van der Waals surface area contributed by atoms with E-state index in [1.807, 2.05) is 0 Å². The van der Waals surface area contributed by atoms with Crippen LogP contribution in [0.2, 0.25) is 0 Å². The largest absolute Gasteiger partial charge is 0.465 e. The van der Waals surface area contributed by atoms with E-state index in [9.17, 15) is 14.0 Å². The molecule has 4 nitrogen and oxygen atoms in total. The number of halogens is 1. The van der Waals surface area contributed by atoms with Gasteiger partial charge in [-0.05, 0) is 12.1 Å². The van der Waals surface area contributed by atoms with Crippen LogP contribution in [0.15, 0.2) is 18.2 Å². The molecule has 0 spiro atoms. The van der Waals surface area contributed by atoms with Crippen molar-refractivity contribution in [2.45, 2.75) is 12.3 Å². The molecule has 1 fully saturated rings. The van der Waals surface area contributed by atoms with Crippen molar-refractivity contribution in [3.8, 4) is 0 Å². The number of esters is 1. The summed E-state index contributed by atoms with van der Waals surface area (Å²) < 4.78 is 18.4. The summed E-state index contributed by atoms with van der Waals surface area (Å²) in [6.45, 7) is 0.351. The maximum atomic E-state index is 13.8. The molecule has 1 heterocycles. The number of hydrogen-bond donors (Lipinski definition) is 1. The molecule has 1 aromatic rings. The monoisotopic (exact) mass is 237 g/mol. The van der Waals surface area contributed by atoms with E-state index in [-0.39, 0.29) is 29.4 Å². The van der Waals surface area contributed by atoms with Crippen LogP contribution in [0.25, 0.3) is 0 Å². The molecule has 0 bridgehead atoms. The molecule has 1 unspecified atom stereocenters. The topological polar surface area (TPSA) is 55.4 Å². The predicted octanol–water partition coefficient (Wildman–Crippen LogP) is 1.22. The summed E-state index contributed by atoms with van der Waals surface area (Å²) in [7, 11) is 1.25. The summed E-state index contributed by atoms with van der Waals surface area (Å²) in [5.74, 6) is -1.50. The summed E-state index contributed by atoms with van der Waals surface area (Å²) >= 11 is 0. The van der Waals surface area contributed by atoms with Crippen molar-refractivity contribution >= 4 is 11.9 Å². The zero-order chi connectivity index (χ0) is 12.4. The maximum absolute atomic E-state index is 13.8. The van der Waals surface area contributed by atoms with Crippen molar-refractivity contribution in [2.75, 3.05) is 13.7 Å². The summed E-state index contributed by atoms with van der Waals surface area (Å²) in [6.07, 6.45) is 0.199. The Kier molecular flexibility index (Phi) is 3.08. The molecular weight excluding hydrogens is 225 g/mol. The minimum absolute atomic E-state index is 0.130. The number of ether oxygens (including phenoxy) is 1. The zero-order valence-electron chi connectivity index (χ0n) is 9.33. The van der Waals surface area contributed by atoms with E-state index in [2.05, 4.69) is 10.1 Å². The molecule has 0 aromatic heterocycles. The van der Waals surface area contributed by atoms with Crippen molar-refractivity contribution in [3.05, 3.63) is 35.1 Å². The molecule has 2 rings (SSSR count). The van der Waals surface area contributed by atoms with Gasteiger partial charge in [-0.2, -0.15) is 0 Å². The Morgan fingerprint density at radius 2 is 2.29 bits per heavy atom. The number of amides is 1. The molecule has 5 heteroatoms. The third-order valence-electron chi connectivity index (χ3n) is 2.84. The first-order chi connectivity index (χ1) is 8.13. The summed E-state index contributed by atoms with van der Waals surface area (Å²) in [4.78, 5) is 22.7. The third-order valence-corrected chi connectivity index (χ3v) is 2.84. The lowest BCUT2D eigenvalue weighted by Crippen LogP contribution is -2.15. The standard InChI is InChI=1S/C12H12FNO3/c1-17-12(16)8-3-2-4-9(13)11(8)7-5-10(15)14-6-7/h2-4,7H,5-6H2,1H3,(H,14,15). The lowest BCUT2D eigenvalue weighted by Gasteiger charge is -2.13. The minimum atomic E-state index is -0.584. The second-order valence-corrected chi connectivity index (χ2v) is 3.90. The van der Waals surface area contributed by atoms with E-state index in [0.717, 1.165) is 0 Å². The van der Waals surface area contributed by atoms with Gasteiger partial charge in [-0.15, -0.1) is 0 Å². The number of nitrogens with one attached hydrogen (secondary N) is 1. The molecule has 1 atom stereocenters. The van der Waals surface area contributed by atoms with Gasteiger partial charge in [0, 0.05) is 24.4 Å². The SMILES string of the molecule is COC(=O)c1cccc(F)c1C1CNC(=O)C1. The third kappa shape index (κ3) is 2.13. The first-order valence-electron chi connectivity index (χ1n) is 5.27. The molecule has 17 heavy (non-hydrogen) atoms. The first kappa shape index (κ1) is 11.6. The van der Waals surface area contributed by atoms with Crippen molar-refractivity contribution in [3.63, 3.8) is 0 Å². The molecule has 1 aliphatic rings. The van der Waals surface area contributed by atoms with E-state index < -0.39 is 11.8 Å². The van der Waals surface area contributed by atoms with Crippen LogP contribution in [0.5, 0.6) is 0 Å². The molecule has 1 N–H and O–H groups in total. The fourth-order valence-corrected chi connectivity index (χ4v) is 2.05. The molecule has 90 valence electrons. The summed E-state index contributed by atoms with van der Waals surface area (Å²) in [6, 6.07) is 4.24. The average molecular weight is 237 g/mol. The van der Waals surface area contributed by atoms with Crippen molar-refractivity contribution in [2.24, 2.45) is 0 Å². The van der Waals surface area contributed by atoms with Gasteiger partial charge in [0.1, 0.15) is 5.82 Å². The number of hydrogen-bond acceptors (Lipinski definition) is 3. The number of carbonyl (C=O) groups is 2. The van der Waals surface area contributed by atoms with Gasteiger partial charge in [0.15, 0.2) is 0 Å². The highest BCUT2D eigenvalue weighted by molar-refractivity contribution is 5.92. The molecule has 1 aromatic carbocycles. The van der Waals surface area contributed by atoms with Crippen LogP contribution in [0.3, 0.4) is 0 Å². The van der Waals surface area contributed by atoms with E-state index in [1.54, 1.807) is 0 Å². The van der Waals surface area contributed by atoms with Gasteiger partial charge in [0.05, 0.1) is 12.7 Å². The first-order valence-corrected chi connectivity index (χ1v) is 5.27. The quantitative estimate of drug-likeness (QED) is 0.787. The van der Waals surface area contributed by atoms with Crippen LogP contribution in [-0.4, -0.2) is 25.5 Å². The van der Waals surface area contributed by atoms with Crippen LogP contribution in [-0.2, 0) is 9.53 Å². The smallest absolute Gasteiger partial charge is 0.338 e. The van der Waals surface area contributed by atoms with Crippen LogP contribution in [0, 0.1) is 5.82 Å². The number of methoxy groups -OCH3 is 1. The van der Waals surface area contributed by atoms with Gasteiger partial charge in [-0.1, -0.05) is 6.07 Å². The Balaban J connectivity index is 2.43. The Morgan fingerprint density at radius 3 is 2.88 bits per heavy atom. The predicted molar refractivity (Wildman–Crippen MR) is 58.1 cm³/mol. The number of carbonyl (C=O) groups excluding carboxylic acids is 2. The van der Waals surface area contributed by atoms with Crippen LogP contribution in [0.4, 0.5) is 4.39 Å². The summed E-state index contributed by atoms with van der Waals surface area (Å²) in [5, 5.41) is 2.62. The van der Waals surface area contributed by atoms with Gasteiger partial charge in [-0.25, -0.2) is 9.18 Å². The highest BCUT2D eigenvalue weighted by atomic mass is 19.1. The molecule has 1 aliphatic heterocycles. The Morgan fingerprint density at radius 1 is 1.53 bits per heavy atom. The van der Waals surface area contributed by atoms with Gasteiger partial charge in [0.25, 0.3) is 0 Å². The van der Waals surface area contributed by atoms with Gasteiger partial charge >= 0.3 is 5.97 Å². The Bertz CT molecular complexity index is 473. The number of rotatable bonds is 2. The van der Waals surface area contributed by atoms with E-state index in [1.165, 1.54) is 25.3 Å². The zero-order valence-corrected chi connectivity index (χ0v) is 9.33. The van der Waals surface area contributed by atoms with E-state index >= 15 is 0 Å². The van der Waals surface area contributed by atoms with E-state index in [0.29, 0.717) is 6.54 Å². The molecule has 1 saturated heterocycles. The van der Waals surface area contributed by atoms with Crippen molar-refractivity contribution in [1.29, 1.82) is 0 Å². The van der Waals surface area contributed by atoms with Crippen LogP contribution >= 0.6 is 0 Å². The van der Waals surface area contributed by atoms with Gasteiger partial charge < -0.3 is 10.1 Å². The number of benzene rings is 1. The van der Waals surface area contributed by atoms with Crippen molar-refractivity contribution < 1.29 is 18.7 Å². The molecule has 0 aliphatic carbocycles. The second kappa shape index (κ2) is 4.53. The van der Waals surface area contributed by atoms with Crippen LogP contribution in [0.1, 0.15) is 28.3 Å². The fourth-order valence-electron chi connectivity index (χ4n) is 2.05. The molecule has 0 radical (unpaired) electrons. The van der Waals surface area contributed by atoms with E-state index in [4.69, 9.17) is 0 Å². The van der Waals surface area contributed by atoms with Gasteiger partial charge in [0.2, 0.25) is 5.91 Å². The van der Waals surface area contributed by atoms with Crippen molar-refractivity contribution in [1.82, 2.24) is 5.32 Å². The lowest BCUT2D eigenvalue weighted by molar-refractivity contribution is -0.119. The van der Waals surface area contributed by atoms with Crippen LogP contribution < -0.4 is 5.32 Å². The molecular formula is C12H12FNO3. The maximum Gasteiger partial charge on any atom is 0.338 e. The average Bonchev–Trinajstić information content (AvgIpc) is 2.74. The van der Waals surface area contributed by atoms with Gasteiger partial charge in [-0.3, -0.25) is 4.79 Å². The minimum Gasteiger partial charge on any atom is -0.465 e. The molecule has 1 amide bonds. The summed E-state index contributed by atoms with van der Waals surface area (Å²) in [5.41, 5.74) is 0.451. The highest BCUT2D eigenvalue weighted by Crippen LogP contribution is 2.29. The molecule has 0 saturated carbocycles.